The fraction of sp³-hybridized carbons (Fsp3) is 0.350. The molecule has 1 N–H and O–H groups in total. The van der Waals surface area contributed by atoms with E-state index < -0.39 is 10.0 Å². The minimum Gasteiger partial charge on any atom is -0.321 e. The van der Waals surface area contributed by atoms with Gasteiger partial charge in [0.15, 0.2) is 0 Å². The zero-order valence-electron chi connectivity index (χ0n) is 15.2. The lowest BCUT2D eigenvalue weighted by atomic mass is 10.1. The molecule has 1 fully saturated rings. The fourth-order valence-electron chi connectivity index (χ4n) is 3.25. The number of benzene rings is 2. The smallest absolute Gasteiger partial charge is 0.255 e. The molecule has 138 valence electrons. The van der Waals surface area contributed by atoms with Gasteiger partial charge in [-0.3, -0.25) is 9.10 Å². The first kappa shape index (κ1) is 18.5. The van der Waals surface area contributed by atoms with E-state index in [4.69, 9.17) is 0 Å². The molecule has 6 heteroatoms. The van der Waals surface area contributed by atoms with Crippen LogP contribution in [0.25, 0.3) is 0 Å². The van der Waals surface area contributed by atoms with Crippen molar-refractivity contribution in [2.75, 3.05) is 21.9 Å². The second-order valence-corrected chi connectivity index (χ2v) is 8.57. The maximum atomic E-state index is 12.6. The predicted octanol–water partition coefficient (Wildman–Crippen LogP) is 3.74. The van der Waals surface area contributed by atoms with Crippen LogP contribution in [0.5, 0.6) is 0 Å². The molecule has 0 radical (unpaired) electrons. The summed E-state index contributed by atoms with van der Waals surface area (Å²) in [6.07, 6.45) is 2.40. The average Bonchev–Trinajstić information content (AvgIpc) is 2.63. The number of hydrogen-bond acceptors (Lipinski definition) is 3. The Morgan fingerprint density at radius 1 is 1.12 bits per heavy atom. The Labute approximate surface area is 155 Å². The topological polar surface area (TPSA) is 66.5 Å². The average molecular weight is 372 g/mol. The van der Waals surface area contributed by atoms with Crippen LogP contribution in [0, 0.1) is 6.92 Å². The van der Waals surface area contributed by atoms with Crippen molar-refractivity contribution < 1.29 is 13.2 Å². The number of carbonyl (C=O) groups is 1. The lowest BCUT2D eigenvalue weighted by Gasteiger charge is -2.28. The molecule has 2 aromatic carbocycles. The summed E-state index contributed by atoms with van der Waals surface area (Å²) < 4.78 is 25.8. The van der Waals surface area contributed by atoms with Crippen LogP contribution in [-0.2, 0) is 16.4 Å². The molecule has 1 amide bonds. The Balaban J connectivity index is 1.80. The predicted molar refractivity (Wildman–Crippen MR) is 105 cm³/mol. The summed E-state index contributed by atoms with van der Waals surface area (Å²) in [7, 11) is -3.24. The normalized spacial score (nSPS) is 16.3. The minimum atomic E-state index is -3.24. The van der Waals surface area contributed by atoms with Gasteiger partial charge in [-0.15, -0.1) is 0 Å². The Morgan fingerprint density at radius 3 is 2.50 bits per heavy atom. The van der Waals surface area contributed by atoms with Crippen molar-refractivity contribution in [1.82, 2.24) is 0 Å². The number of rotatable bonds is 4. The molecular formula is C20H24N2O3S. The molecule has 0 bridgehead atoms. The summed E-state index contributed by atoms with van der Waals surface area (Å²) in [6.45, 7) is 4.52. The van der Waals surface area contributed by atoms with E-state index in [1.165, 1.54) is 4.31 Å². The Hall–Kier alpha value is -2.34. The summed E-state index contributed by atoms with van der Waals surface area (Å²) in [5.74, 6) is -0.00969. The molecule has 0 atom stereocenters. The van der Waals surface area contributed by atoms with Gasteiger partial charge in [-0.05, 0) is 61.6 Å². The molecule has 0 unspecified atom stereocenters. The van der Waals surface area contributed by atoms with Crippen LogP contribution < -0.4 is 9.62 Å². The minimum absolute atomic E-state index is 0.183. The van der Waals surface area contributed by atoms with Crippen LogP contribution in [0.4, 0.5) is 11.4 Å². The highest BCUT2D eigenvalue weighted by molar-refractivity contribution is 7.92. The molecule has 1 aliphatic heterocycles. The molecule has 3 rings (SSSR count). The van der Waals surface area contributed by atoms with Crippen LogP contribution in [0.3, 0.4) is 0 Å². The number of para-hydroxylation sites is 1. The zero-order chi connectivity index (χ0) is 18.7. The van der Waals surface area contributed by atoms with Crippen molar-refractivity contribution in [1.29, 1.82) is 0 Å². The van der Waals surface area contributed by atoms with Crippen molar-refractivity contribution in [2.24, 2.45) is 0 Å². The van der Waals surface area contributed by atoms with Gasteiger partial charge in [0.2, 0.25) is 10.0 Å². The number of amides is 1. The van der Waals surface area contributed by atoms with Crippen LogP contribution in [0.1, 0.15) is 41.3 Å². The molecule has 1 aliphatic rings. The second-order valence-electron chi connectivity index (χ2n) is 6.56. The van der Waals surface area contributed by atoms with Crippen molar-refractivity contribution >= 4 is 27.3 Å². The third-order valence-corrected chi connectivity index (χ3v) is 6.61. The fourth-order valence-corrected chi connectivity index (χ4v) is 4.89. The highest BCUT2D eigenvalue weighted by Crippen LogP contribution is 2.25. The second kappa shape index (κ2) is 7.50. The van der Waals surface area contributed by atoms with Gasteiger partial charge in [-0.2, -0.15) is 0 Å². The third kappa shape index (κ3) is 3.75. The molecule has 5 nitrogen and oxygen atoms in total. The van der Waals surface area contributed by atoms with E-state index in [0.29, 0.717) is 24.2 Å². The van der Waals surface area contributed by atoms with Crippen LogP contribution in [0.2, 0.25) is 0 Å². The van der Waals surface area contributed by atoms with Gasteiger partial charge in [-0.25, -0.2) is 8.42 Å². The third-order valence-electron chi connectivity index (χ3n) is 4.75. The van der Waals surface area contributed by atoms with Crippen LogP contribution in [0.15, 0.2) is 42.5 Å². The molecule has 26 heavy (non-hydrogen) atoms. The summed E-state index contributed by atoms with van der Waals surface area (Å²) >= 11 is 0. The molecular weight excluding hydrogens is 348 g/mol. The number of anilines is 2. The summed E-state index contributed by atoms with van der Waals surface area (Å²) in [5, 5.41) is 2.99. The number of carbonyl (C=O) groups excluding carboxylic acids is 1. The van der Waals surface area contributed by atoms with E-state index in [1.807, 2.05) is 25.1 Å². The van der Waals surface area contributed by atoms with Crippen LogP contribution >= 0.6 is 0 Å². The number of nitrogens with zero attached hydrogens (tertiary/aromatic N) is 1. The van der Waals surface area contributed by atoms with Gasteiger partial charge in [0.1, 0.15) is 0 Å². The lowest BCUT2D eigenvalue weighted by molar-refractivity contribution is 0.102. The van der Waals surface area contributed by atoms with E-state index in [0.717, 1.165) is 29.7 Å². The van der Waals surface area contributed by atoms with Crippen molar-refractivity contribution in [3.8, 4) is 0 Å². The Bertz CT molecular complexity index is 905. The van der Waals surface area contributed by atoms with Gasteiger partial charge in [-0.1, -0.05) is 25.1 Å². The number of nitrogens with one attached hydrogen (secondary N) is 1. The van der Waals surface area contributed by atoms with E-state index in [1.54, 1.807) is 24.3 Å². The highest BCUT2D eigenvalue weighted by atomic mass is 32.2. The number of sulfonamides is 1. The van der Waals surface area contributed by atoms with E-state index in [9.17, 15) is 13.2 Å². The Morgan fingerprint density at radius 2 is 1.85 bits per heavy atom. The Kier molecular flexibility index (Phi) is 5.32. The molecule has 1 heterocycles. The standard InChI is InChI=1S/C20H24N2O3S/c1-3-16-8-6-7-15(2)19(16)21-20(23)17-9-11-18(12-10-17)22-13-4-5-14-26(22,24)25/h6-12H,3-5,13-14H2,1-2H3,(H,21,23). The number of hydrogen-bond donors (Lipinski definition) is 1. The van der Waals surface area contributed by atoms with E-state index >= 15 is 0 Å². The SMILES string of the molecule is CCc1cccc(C)c1NC(=O)c1ccc(N2CCCCS2(=O)=O)cc1. The van der Waals surface area contributed by atoms with Gasteiger partial charge in [0, 0.05) is 17.8 Å². The summed E-state index contributed by atoms with van der Waals surface area (Å²) in [5.41, 5.74) is 4.09. The molecule has 2 aromatic rings. The monoisotopic (exact) mass is 372 g/mol. The maximum Gasteiger partial charge on any atom is 0.255 e. The molecule has 0 aliphatic carbocycles. The van der Waals surface area contributed by atoms with Crippen molar-refractivity contribution in [3.05, 3.63) is 59.2 Å². The van der Waals surface area contributed by atoms with Crippen LogP contribution in [-0.4, -0.2) is 26.6 Å². The van der Waals surface area contributed by atoms with Gasteiger partial charge >= 0.3 is 0 Å². The van der Waals surface area contributed by atoms with Crippen molar-refractivity contribution in [2.45, 2.75) is 33.1 Å². The number of aryl methyl sites for hydroxylation is 2. The van der Waals surface area contributed by atoms with Gasteiger partial charge in [0.05, 0.1) is 11.4 Å². The first-order chi connectivity index (χ1) is 12.4. The largest absolute Gasteiger partial charge is 0.321 e. The maximum absolute atomic E-state index is 12.6. The van der Waals surface area contributed by atoms with E-state index in [2.05, 4.69) is 12.2 Å². The summed E-state index contributed by atoms with van der Waals surface area (Å²) in [6, 6.07) is 12.7. The van der Waals surface area contributed by atoms with Gasteiger partial charge in [0.25, 0.3) is 5.91 Å². The lowest BCUT2D eigenvalue weighted by Crippen LogP contribution is -2.37. The quantitative estimate of drug-likeness (QED) is 0.889. The first-order valence-corrected chi connectivity index (χ1v) is 10.5. The summed E-state index contributed by atoms with van der Waals surface area (Å²) in [4.78, 5) is 12.6. The van der Waals surface area contributed by atoms with Gasteiger partial charge < -0.3 is 5.32 Å². The zero-order valence-corrected chi connectivity index (χ0v) is 16.0. The molecule has 0 aromatic heterocycles. The van der Waals surface area contributed by atoms with Crippen molar-refractivity contribution in [3.63, 3.8) is 0 Å². The first-order valence-electron chi connectivity index (χ1n) is 8.92. The highest BCUT2D eigenvalue weighted by Gasteiger charge is 2.26. The molecule has 1 saturated heterocycles. The van der Waals surface area contributed by atoms with E-state index in [-0.39, 0.29) is 11.7 Å². The molecule has 0 spiro atoms. The molecule has 0 saturated carbocycles.